The van der Waals surface area contributed by atoms with Crippen molar-refractivity contribution in [2.24, 2.45) is 0 Å². The first kappa shape index (κ1) is 15.0. The third-order valence-corrected chi connectivity index (χ3v) is 4.45. The van der Waals surface area contributed by atoms with Crippen LogP contribution >= 0.6 is 11.3 Å². The van der Waals surface area contributed by atoms with Crippen molar-refractivity contribution in [2.45, 2.75) is 58.6 Å². The van der Waals surface area contributed by atoms with Gasteiger partial charge in [-0.05, 0) is 52.0 Å². The molecule has 1 aromatic heterocycles. The summed E-state index contributed by atoms with van der Waals surface area (Å²) in [5, 5.41) is 4.61. The summed E-state index contributed by atoms with van der Waals surface area (Å²) in [6.45, 7) is 5.36. The Balaban J connectivity index is 2.01. The number of fused-ring (bicyclic) bond motifs is 1. The molecule has 0 radical (unpaired) electrons. The van der Waals surface area contributed by atoms with Crippen LogP contribution in [0.2, 0.25) is 0 Å². The molecule has 0 aliphatic heterocycles. The molecule has 0 saturated carbocycles. The lowest BCUT2D eigenvalue weighted by Crippen LogP contribution is -2.39. The zero-order valence-corrected chi connectivity index (χ0v) is 13.0. The molecule has 0 unspecified atom stereocenters. The van der Waals surface area contributed by atoms with Gasteiger partial charge in [-0.1, -0.05) is 0 Å². The molecular weight excluding hydrogens is 274 g/mol. The third kappa shape index (κ3) is 3.39. The number of thiophene rings is 1. The van der Waals surface area contributed by atoms with E-state index >= 15 is 0 Å². The number of ether oxygens (including phenoxy) is 1. The second kappa shape index (κ2) is 6.39. The van der Waals surface area contributed by atoms with Gasteiger partial charge in [0.2, 0.25) is 0 Å². The summed E-state index contributed by atoms with van der Waals surface area (Å²) in [4.78, 5) is 25.2. The summed E-state index contributed by atoms with van der Waals surface area (Å²) in [6.07, 6.45) is 3.54. The van der Waals surface area contributed by atoms with Gasteiger partial charge in [0.1, 0.15) is 0 Å². The van der Waals surface area contributed by atoms with E-state index in [4.69, 9.17) is 4.74 Å². The molecule has 2 rings (SSSR count). The van der Waals surface area contributed by atoms with Gasteiger partial charge in [0.25, 0.3) is 5.91 Å². The van der Waals surface area contributed by atoms with Gasteiger partial charge >= 0.3 is 5.97 Å². The van der Waals surface area contributed by atoms with Crippen LogP contribution in [0.15, 0.2) is 5.38 Å². The quantitative estimate of drug-likeness (QED) is 0.869. The number of hydrogen-bond acceptors (Lipinski definition) is 4. The highest BCUT2D eigenvalue weighted by Crippen LogP contribution is 2.30. The molecule has 0 bridgehead atoms. The first-order chi connectivity index (χ1) is 9.49. The maximum atomic E-state index is 12.2. The number of amides is 1. The van der Waals surface area contributed by atoms with Gasteiger partial charge in [0.05, 0.1) is 5.56 Å². The van der Waals surface area contributed by atoms with Gasteiger partial charge in [0.15, 0.2) is 6.10 Å². The molecule has 0 spiro atoms. The van der Waals surface area contributed by atoms with E-state index < -0.39 is 6.10 Å². The monoisotopic (exact) mass is 295 g/mol. The van der Waals surface area contributed by atoms with Crippen molar-refractivity contribution in [3.8, 4) is 0 Å². The number of rotatable bonds is 4. The second-order valence-electron chi connectivity index (χ2n) is 5.47. The van der Waals surface area contributed by atoms with Crippen molar-refractivity contribution in [1.29, 1.82) is 0 Å². The predicted molar refractivity (Wildman–Crippen MR) is 79.1 cm³/mol. The lowest BCUT2D eigenvalue weighted by molar-refractivity contribution is -0.129. The van der Waals surface area contributed by atoms with Crippen molar-refractivity contribution in [3.63, 3.8) is 0 Å². The highest BCUT2D eigenvalue weighted by molar-refractivity contribution is 7.10. The number of nitrogens with one attached hydrogen (secondary N) is 1. The first-order valence-electron chi connectivity index (χ1n) is 7.09. The number of hydrogen-bond donors (Lipinski definition) is 1. The van der Waals surface area contributed by atoms with Crippen LogP contribution < -0.4 is 5.32 Å². The van der Waals surface area contributed by atoms with Crippen molar-refractivity contribution >= 4 is 23.2 Å². The summed E-state index contributed by atoms with van der Waals surface area (Å²) in [5.41, 5.74) is 1.77. The molecule has 0 fully saturated rings. The van der Waals surface area contributed by atoms with Gasteiger partial charge in [-0.15, -0.1) is 11.3 Å². The smallest absolute Gasteiger partial charge is 0.340 e. The van der Waals surface area contributed by atoms with E-state index in [1.165, 1.54) is 11.3 Å². The van der Waals surface area contributed by atoms with E-state index in [0.29, 0.717) is 5.56 Å². The summed E-state index contributed by atoms with van der Waals surface area (Å²) >= 11 is 1.63. The van der Waals surface area contributed by atoms with Crippen LogP contribution in [0.5, 0.6) is 0 Å². The molecule has 1 aromatic rings. The van der Waals surface area contributed by atoms with Crippen LogP contribution in [-0.4, -0.2) is 24.0 Å². The van der Waals surface area contributed by atoms with Gasteiger partial charge in [-0.25, -0.2) is 4.79 Å². The SMILES string of the molecule is CC(C)NC(=O)[C@@H](C)OC(=O)c1csc2c1CCCC2. The highest BCUT2D eigenvalue weighted by Gasteiger charge is 2.24. The standard InChI is InChI=1S/C15H21NO3S/c1-9(2)16-14(17)10(3)19-15(18)12-8-20-13-7-5-4-6-11(12)13/h8-10H,4-7H2,1-3H3,(H,16,17)/t10-/m1/s1. The molecule has 5 heteroatoms. The Kier molecular flexibility index (Phi) is 4.81. The molecule has 1 atom stereocenters. The zero-order chi connectivity index (χ0) is 14.7. The number of carbonyl (C=O) groups is 2. The van der Waals surface area contributed by atoms with Gasteiger partial charge < -0.3 is 10.1 Å². The van der Waals surface area contributed by atoms with Crippen LogP contribution in [0.3, 0.4) is 0 Å². The fourth-order valence-corrected chi connectivity index (χ4v) is 3.46. The van der Waals surface area contributed by atoms with Gasteiger partial charge in [0, 0.05) is 16.3 Å². The number of carbonyl (C=O) groups excluding carboxylic acids is 2. The van der Waals surface area contributed by atoms with Crippen LogP contribution in [0.1, 0.15) is 54.4 Å². The van der Waals surface area contributed by atoms with Crippen LogP contribution in [0.4, 0.5) is 0 Å². The largest absolute Gasteiger partial charge is 0.449 e. The molecule has 1 aliphatic rings. The normalized spacial score (nSPS) is 15.6. The van der Waals surface area contributed by atoms with Gasteiger partial charge in [-0.2, -0.15) is 0 Å². The summed E-state index contributed by atoms with van der Waals surface area (Å²) in [7, 11) is 0. The Labute approximate surface area is 123 Å². The topological polar surface area (TPSA) is 55.4 Å². The summed E-state index contributed by atoms with van der Waals surface area (Å²) in [6, 6.07) is 0.0394. The van der Waals surface area contributed by atoms with Crippen LogP contribution in [0, 0.1) is 0 Å². The Morgan fingerprint density at radius 2 is 1.95 bits per heavy atom. The second-order valence-corrected chi connectivity index (χ2v) is 6.43. The maximum absolute atomic E-state index is 12.2. The van der Waals surface area contributed by atoms with Crippen molar-refractivity contribution < 1.29 is 14.3 Å². The summed E-state index contributed by atoms with van der Waals surface area (Å²) in [5.74, 6) is -0.631. The Bertz CT molecular complexity index is 507. The van der Waals surface area contributed by atoms with Crippen molar-refractivity contribution in [1.82, 2.24) is 5.32 Å². The average Bonchev–Trinajstić information content (AvgIpc) is 2.81. The zero-order valence-electron chi connectivity index (χ0n) is 12.2. The fourth-order valence-electron chi connectivity index (χ4n) is 2.34. The molecular formula is C15H21NO3S. The Hall–Kier alpha value is -1.36. The third-order valence-electron chi connectivity index (χ3n) is 3.37. The molecule has 1 heterocycles. The molecule has 20 heavy (non-hydrogen) atoms. The van der Waals surface area contributed by atoms with E-state index in [1.54, 1.807) is 18.3 Å². The van der Waals surface area contributed by atoms with E-state index in [1.807, 2.05) is 19.2 Å². The lowest BCUT2D eigenvalue weighted by atomic mass is 9.96. The van der Waals surface area contributed by atoms with Crippen molar-refractivity contribution in [2.75, 3.05) is 0 Å². The minimum absolute atomic E-state index is 0.0394. The molecule has 110 valence electrons. The average molecular weight is 295 g/mol. The van der Waals surface area contributed by atoms with E-state index in [2.05, 4.69) is 5.32 Å². The Morgan fingerprint density at radius 1 is 1.25 bits per heavy atom. The van der Waals surface area contributed by atoms with Crippen molar-refractivity contribution in [3.05, 3.63) is 21.4 Å². The number of aryl methyl sites for hydroxylation is 1. The summed E-state index contributed by atoms with van der Waals surface area (Å²) < 4.78 is 5.28. The molecule has 1 amide bonds. The molecule has 0 saturated heterocycles. The van der Waals surface area contributed by atoms with E-state index in [0.717, 1.165) is 24.8 Å². The predicted octanol–water partition coefficient (Wildman–Crippen LogP) is 2.70. The minimum atomic E-state index is -0.760. The van der Waals surface area contributed by atoms with Gasteiger partial charge in [-0.3, -0.25) is 4.79 Å². The maximum Gasteiger partial charge on any atom is 0.340 e. The lowest BCUT2D eigenvalue weighted by Gasteiger charge is -2.16. The van der Waals surface area contributed by atoms with E-state index in [-0.39, 0.29) is 17.9 Å². The Morgan fingerprint density at radius 3 is 2.65 bits per heavy atom. The van der Waals surface area contributed by atoms with Crippen LogP contribution in [-0.2, 0) is 22.4 Å². The highest BCUT2D eigenvalue weighted by atomic mass is 32.1. The molecule has 1 aliphatic carbocycles. The first-order valence-corrected chi connectivity index (χ1v) is 7.97. The fraction of sp³-hybridized carbons (Fsp3) is 0.600. The van der Waals surface area contributed by atoms with Crippen LogP contribution in [0.25, 0.3) is 0 Å². The number of esters is 1. The molecule has 1 N–H and O–H groups in total. The molecule has 0 aromatic carbocycles. The molecule has 4 nitrogen and oxygen atoms in total. The van der Waals surface area contributed by atoms with E-state index in [9.17, 15) is 9.59 Å². The minimum Gasteiger partial charge on any atom is -0.449 e.